The lowest BCUT2D eigenvalue weighted by atomic mass is 10.1. The molecule has 0 spiro atoms. The second-order valence-electron chi connectivity index (χ2n) is 7.43. The first-order chi connectivity index (χ1) is 11.7. The number of rotatable bonds is 6. The number of nitrogens with zero attached hydrogens (tertiary/aromatic N) is 3. The molecule has 2 aliphatic rings. The predicted molar refractivity (Wildman–Crippen MR) is 104 cm³/mol. The molecule has 24 heavy (non-hydrogen) atoms. The van der Waals surface area contributed by atoms with E-state index in [9.17, 15) is 0 Å². The summed E-state index contributed by atoms with van der Waals surface area (Å²) in [6.07, 6.45) is 5.24. The van der Waals surface area contributed by atoms with Crippen LogP contribution < -0.4 is 5.32 Å². The van der Waals surface area contributed by atoms with Gasteiger partial charge >= 0.3 is 0 Å². The van der Waals surface area contributed by atoms with Crippen LogP contribution in [0.25, 0.3) is 0 Å². The van der Waals surface area contributed by atoms with Gasteiger partial charge < -0.3 is 15.1 Å². The molecule has 2 aliphatic heterocycles. The Morgan fingerprint density at radius 2 is 2.21 bits per heavy atom. The Hall–Kier alpha value is -1.07. The van der Waals surface area contributed by atoms with Gasteiger partial charge in [-0.05, 0) is 62.1 Å². The molecule has 0 bridgehead atoms. The summed E-state index contributed by atoms with van der Waals surface area (Å²) in [7, 11) is 1.92. The molecule has 1 aromatic heterocycles. The fourth-order valence-electron chi connectivity index (χ4n) is 3.95. The summed E-state index contributed by atoms with van der Waals surface area (Å²) in [4.78, 5) is 11.1. The standard InChI is InChI=1S/C19H32N4S/c1-16(12-18-6-5-11-24-18)13-21-19(20-2)23-10-7-17(15-23)14-22-8-3-4-9-22/h5-6,11,16-17H,3-4,7-10,12-15H2,1-2H3,(H,20,21). The van der Waals surface area contributed by atoms with Crippen molar-refractivity contribution >= 4 is 17.3 Å². The fourth-order valence-corrected chi connectivity index (χ4v) is 4.82. The first-order valence-electron chi connectivity index (χ1n) is 9.45. The highest BCUT2D eigenvalue weighted by Crippen LogP contribution is 2.20. The Morgan fingerprint density at radius 1 is 1.38 bits per heavy atom. The van der Waals surface area contributed by atoms with Crippen molar-refractivity contribution in [3.63, 3.8) is 0 Å². The quantitative estimate of drug-likeness (QED) is 0.633. The molecule has 1 N–H and O–H groups in total. The molecule has 3 rings (SSSR count). The summed E-state index contributed by atoms with van der Waals surface area (Å²) < 4.78 is 0. The second kappa shape index (κ2) is 8.86. The Kier molecular flexibility index (Phi) is 6.55. The Morgan fingerprint density at radius 3 is 2.92 bits per heavy atom. The zero-order chi connectivity index (χ0) is 16.8. The molecule has 134 valence electrons. The second-order valence-corrected chi connectivity index (χ2v) is 8.46. The van der Waals surface area contributed by atoms with E-state index in [0.717, 1.165) is 37.9 Å². The van der Waals surface area contributed by atoms with Gasteiger partial charge in [-0.1, -0.05) is 13.0 Å². The first-order valence-corrected chi connectivity index (χ1v) is 10.3. The Balaban J connectivity index is 1.41. The van der Waals surface area contributed by atoms with Crippen molar-refractivity contribution in [1.29, 1.82) is 0 Å². The number of nitrogens with one attached hydrogen (secondary N) is 1. The molecule has 0 aliphatic carbocycles. The van der Waals surface area contributed by atoms with E-state index in [-0.39, 0.29) is 0 Å². The first kappa shape index (κ1) is 17.7. The lowest BCUT2D eigenvalue weighted by Gasteiger charge is -2.24. The van der Waals surface area contributed by atoms with Crippen LogP contribution in [0.15, 0.2) is 22.5 Å². The molecule has 0 radical (unpaired) electrons. The van der Waals surface area contributed by atoms with Gasteiger partial charge in [-0.15, -0.1) is 11.3 Å². The van der Waals surface area contributed by atoms with E-state index in [0.29, 0.717) is 5.92 Å². The molecule has 5 heteroatoms. The maximum Gasteiger partial charge on any atom is 0.193 e. The monoisotopic (exact) mass is 348 g/mol. The van der Waals surface area contributed by atoms with E-state index >= 15 is 0 Å². The molecule has 3 heterocycles. The maximum atomic E-state index is 4.53. The van der Waals surface area contributed by atoms with Gasteiger partial charge in [0.15, 0.2) is 5.96 Å². The minimum Gasteiger partial charge on any atom is -0.356 e. The van der Waals surface area contributed by atoms with Crippen molar-refractivity contribution in [3.8, 4) is 0 Å². The van der Waals surface area contributed by atoms with Crippen LogP contribution in [0.2, 0.25) is 0 Å². The SMILES string of the molecule is CN=C(NCC(C)Cc1cccs1)N1CCC(CN2CCCC2)C1. The topological polar surface area (TPSA) is 30.9 Å². The molecular weight excluding hydrogens is 316 g/mol. The van der Waals surface area contributed by atoms with Crippen LogP contribution in [0.3, 0.4) is 0 Å². The van der Waals surface area contributed by atoms with Gasteiger partial charge in [0.25, 0.3) is 0 Å². The molecule has 2 atom stereocenters. The minimum atomic E-state index is 0.628. The molecule has 0 saturated carbocycles. The van der Waals surface area contributed by atoms with Gasteiger partial charge in [0.05, 0.1) is 0 Å². The van der Waals surface area contributed by atoms with Crippen molar-refractivity contribution in [3.05, 3.63) is 22.4 Å². The molecule has 2 saturated heterocycles. The van der Waals surface area contributed by atoms with Crippen LogP contribution in [-0.4, -0.2) is 62.1 Å². The Bertz CT molecular complexity index is 507. The maximum absolute atomic E-state index is 4.53. The zero-order valence-corrected chi connectivity index (χ0v) is 16.0. The molecule has 1 aromatic rings. The third-order valence-corrected chi connectivity index (χ3v) is 6.15. The lowest BCUT2D eigenvalue weighted by Crippen LogP contribution is -2.42. The van der Waals surface area contributed by atoms with Gasteiger partial charge in [0, 0.05) is 38.1 Å². The highest BCUT2D eigenvalue weighted by atomic mass is 32.1. The third kappa shape index (κ3) is 4.96. The van der Waals surface area contributed by atoms with Gasteiger partial charge in [-0.25, -0.2) is 0 Å². The highest BCUT2D eigenvalue weighted by Gasteiger charge is 2.27. The van der Waals surface area contributed by atoms with Gasteiger partial charge in [0.2, 0.25) is 0 Å². The Labute approximate surface area is 150 Å². The number of guanidine groups is 1. The molecular formula is C19H32N4S. The van der Waals surface area contributed by atoms with Crippen LogP contribution >= 0.6 is 11.3 Å². The van der Waals surface area contributed by atoms with E-state index in [4.69, 9.17) is 0 Å². The normalized spacial score (nSPS) is 23.8. The number of hydrogen-bond donors (Lipinski definition) is 1. The number of aliphatic imine (C=N–C) groups is 1. The average molecular weight is 349 g/mol. The fraction of sp³-hybridized carbons (Fsp3) is 0.737. The summed E-state index contributed by atoms with van der Waals surface area (Å²) >= 11 is 1.86. The van der Waals surface area contributed by atoms with E-state index in [2.05, 4.69) is 44.5 Å². The van der Waals surface area contributed by atoms with Gasteiger partial charge in [-0.2, -0.15) is 0 Å². The number of hydrogen-bond acceptors (Lipinski definition) is 3. The molecule has 0 amide bonds. The molecule has 4 nitrogen and oxygen atoms in total. The summed E-state index contributed by atoms with van der Waals surface area (Å²) in [6, 6.07) is 4.38. The van der Waals surface area contributed by atoms with Crippen molar-refractivity contribution < 1.29 is 0 Å². The van der Waals surface area contributed by atoms with Gasteiger partial charge in [-0.3, -0.25) is 4.99 Å². The van der Waals surface area contributed by atoms with Crippen molar-refractivity contribution in [2.24, 2.45) is 16.8 Å². The van der Waals surface area contributed by atoms with E-state index in [1.54, 1.807) is 0 Å². The van der Waals surface area contributed by atoms with Crippen LogP contribution in [-0.2, 0) is 6.42 Å². The lowest BCUT2D eigenvalue weighted by molar-refractivity contribution is 0.281. The summed E-state index contributed by atoms with van der Waals surface area (Å²) in [5.74, 6) is 2.53. The smallest absolute Gasteiger partial charge is 0.193 e. The van der Waals surface area contributed by atoms with Crippen LogP contribution in [0, 0.1) is 11.8 Å². The van der Waals surface area contributed by atoms with Gasteiger partial charge in [0.1, 0.15) is 0 Å². The largest absolute Gasteiger partial charge is 0.356 e. The predicted octanol–water partition coefficient (Wildman–Crippen LogP) is 2.92. The van der Waals surface area contributed by atoms with Crippen molar-refractivity contribution in [2.75, 3.05) is 46.3 Å². The van der Waals surface area contributed by atoms with E-state index in [1.807, 2.05) is 18.4 Å². The van der Waals surface area contributed by atoms with Crippen molar-refractivity contribution in [2.45, 2.75) is 32.6 Å². The molecule has 0 aromatic carbocycles. The zero-order valence-electron chi connectivity index (χ0n) is 15.2. The molecule has 2 unspecified atom stereocenters. The van der Waals surface area contributed by atoms with Crippen LogP contribution in [0.1, 0.15) is 31.1 Å². The van der Waals surface area contributed by atoms with E-state index in [1.165, 1.54) is 43.8 Å². The van der Waals surface area contributed by atoms with Crippen LogP contribution in [0.5, 0.6) is 0 Å². The third-order valence-electron chi connectivity index (χ3n) is 5.25. The highest BCUT2D eigenvalue weighted by molar-refractivity contribution is 7.09. The van der Waals surface area contributed by atoms with Crippen LogP contribution in [0.4, 0.5) is 0 Å². The molecule has 2 fully saturated rings. The summed E-state index contributed by atoms with van der Waals surface area (Å²) in [5, 5.41) is 5.77. The van der Waals surface area contributed by atoms with Crippen molar-refractivity contribution in [1.82, 2.24) is 15.1 Å². The summed E-state index contributed by atoms with van der Waals surface area (Å²) in [5.41, 5.74) is 0. The number of likely N-dealkylation sites (tertiary alicyclic amines) is 2. The summed E-state index contributed by atoms with van der Waals surface area (Å²) in [6.45, 7) is 9.53. The average Bonchev–Trinajstić information content (AvgIpc) is 3.31. The minimum absolute atomic E-state index is 0.628. The number of thiophene rings is 1. The van der Waals surface area contributed by atoms with E-state index < -0.39 is 0 Å².